The van der Waals surface area contributed by atoms with Crippen LogP contribution in [0, 0.1) is 6.92 Å². The van der Waals surface area contributed by atoms with Gasteiger partial charge in [0.25, 0.3) is 5.91 Å². The number of hydrogen-bond acceptors (Lipinski definition) is 4. The van der Waals surface area contributed by atoms with Crippen molar-refractivity contribution in [2.45, 2.75) is 39.2 Å². The molecule has 1 saturated heterocycles. The van der Waals surface area contributed by atoms with Gasteiger partial charge in [0.2, 0.25) is 0 Å². The summed E-state index contributed by atoms with van der Waals surface area (Å²) in [5.74, 6) is 0.195. The van der Waals surface area contributed by atoms with Gasteiger partial charge in [0.1, 0.15) is 0 Å². The van der Waals surface area contributed by atoms with Crippen LogP contribution in [0.4, 0.5) is 5.69 Å². The first kappa shape index (κ1) is 18.9. The molecule has 1 aliphatic rings. The number of carbonyl (C=O) groups excluding carboxylic acids is 1. The number of pyridine rings is 1. The number of amides is 1. The van der Waals surface area contributed by atoms with E-state index in [4.69, 9.17) is 0 Å². The molecule has 1 amide bonds. The SMILES string of the molecule is CCCN(C(=O)c1cccs1)C1CCN(c2ccnc3c(C)cccc23)CC1. The Labute approximate surface area is 170 Å². The molecule has 0 N–H and O–H groups in total. The van der Waals surface area contributed by atoms with Crippen molar-refractivity contribution in [1.29, 1.82) is 0 Å². The lowest BCUT2D eigenvalue weighted by atomic mass is 10.0. The molecule has 146 valence electrons. The highest BCUT2D eigenvalue weighted by Gasteiger charge is 2.29. The maximum Gasteiger partial charge on any atom is 0.264 e. The van der Waals surface area contributed by atoms with Gasteiger partial charge in [0.15, 0.2) is 0 Å². The van der Waals surface area contributed by atoms with Crippen LogP contribution in [-0.2, 0) is 0 Å². The van der Waals surface area contributed by atoms with Gasteiger partial charge in [-0.3, -0.25) is 9.78 Å². The maximum atomic E-state index is 13.0. The highest BCUT2D eigenvalue weighted by atomic mass is 32.1. The minimum absolute atomic E-state index is 0.195. The van der Waals surface area contributed by atoms with Gasteiger partial charge in [-0.1, -0.05) is 31.2 Å². The van der Waals surface area contributed by atoms with E-state index in [2.05, 4.69) is 52.9 Å². The molecule has 0 saturated carbocycles. The number of aryl methyl sites for hydroxylation is 1. The van der Waals surface area contributed by atoms with Crippen molar-refractivity contribution in [2.24, 2.45) is 0 Å². The Morgan fingerprint density at radius 1 is 1.21 bits per heavy atom. The minimum Gasteiger partial charge on any atom is -0.371 e. The molecule has 0 aliphatic carbocycles. The topological polar surface area (TPSA) is 36.4 Å². The number of thiophene rings is 1. The van der Waals surface area contributed by atoms with E-state index in [-0.39, 0.29) is 5.91 Å². The summed E-state index contributed by atoms with van der Waals surface area (Å²) >= 11 is 1.54. The first-order valence-electron chi connectivity index (χ1n) is 10.1. The Hall–Kier alpha value is -2.40. The Kier molecular flexibility index (Phi) is 5.62. The third-order valence-corrected chi connectivity index (χ3v) is 6.51. The fourth-order valence-electron chi connectivity index (χ4n) is 4.24. The van der Waals surface area contributed by atoms with Gasteiger partial charge in [-0.05, 0) is 49.3 Å². The van der Waals surface area contributed by atoms with E-state index in [1.807, 2.05) is 23.7 Å². The van der Waals surface area contributed by atoms with Crippen molar-refractivity contribution in [2.75, 3.05) is 24.5 Å². The number of hydrogen-bond donors (Lipinski definition) is 0. The van der Waals surface area contributed by atoms with E-state index in [9.17, 15) is 4.79 Å². The molecule has 3 aromatic rings. The zero-order valence-corrected chi connectivity index (χ0v) is 17.4. The lowest BCUT2D eigenvalue weighted by Crippen LogP contribution is -2.47. The second-order valence-electron chi connectivity index (χ2n) is 7.50. The summed E-state index contributed by atoms with van der Waals surface area (Å²) < 4.78 is 0. The first-order chi connectivity index (χ1) is 13.7. The van der Waals surface area contributed by atoms with Crippen LogP contribution in [0.2, 0.25) is 0 Å². The van der Waals surface area contributed by atoms with Gasteiger partial charge < -0.3 is 9.80 Å². The molecular formula is C23H27N3OS. The molecule has 4 rings (SSSR count). The Bertz CT molecular complexity index is 946. The van der Waals surface area contributed by atoms with Gasteiger partial charge in [-0.15, -0.1) is 11.3 Å². The zero-order valence-electron chi connectivity index (χ0n) is 16.6. The number of piperidine rings is 1. The van der Waals surface area contributed by atoms with E-state index in [0.29, 0.717) is 6.04 Å². The lowest BCUT2D eigenvalue weighted by Gasteiger charge is -2.39. The summed E-state index contributed by atoms with van der Waals surface area (Å²) in [6.45, 7) is 7.03. The predicted molar refractivity (Wildman–Crippen MR) is 117 cm³/mol. The summed E-state index contributed by atoms with van der Waals surface area (Å²) in [6, 6.07) is 12.7. The summed E-state index contributed by atoms with van der Waals surface area (Å²) in [6.07, 6.45) is 4.92. The second kappa shape index (κ2) is 8.31. The number of nitrogens with zero attached hydrogens (tertiary/aromatic N) is 3. The molecule has 1 aliphatic heterocycles. The standard InChI is InChI=1S/C23H27N3OS/c1-3-13-26(23(27)21-8-5-16-28-21)18-10-14-25(15-11-18)20-9-12-24-22-17(2)6-4-7-19(20)22/h4-9,12,16,18H,3,10-11,13-15H2,1-2H3. The van der Waals surface area contributed by atoms with Gasteiger partial charge in [0, 0.05) is 42.9 Å². The number of fused-ring (bicyclic) bond motifs is 1. The van der Waals surface area contributed by atoms with Crippen LogP contribution in [0.15, 0.2) is 48.0 Å². The Morgan fingerprint density at radius 2 is 2.04 bits per heavy atom. The average Bonchev–Trinajstić information content (AvgIpc) is 3.27. The molecule has 2 aromatic heterocycles. The zero-order chi connectivity index (χ0) is 19.5. The first-order valence-corrected chi connectivity index (χ1v) is 11.0. The number of para-hydroxylation sites is 1. The van der Waals surface area contributed by atoms with E-state index in [1.54, 1.807) is 11.3 Å². The molecule has 0 radical (unpaired) electrons. The molecule has 0 unspecified atom stereocenters. The molecule has 1 aromatic carbocycles. The van der Waals surface area contributed by atoms with Gasteiger partial charge in [-0.2, -0.15) is 0 Å². The lowest BCUT2D eigenvalue weighted by molar-refractivity contribution is 0.0655. The van der Waals surface area contributed by atoms with E-state index >= 15 is 0 Å². The minimum atomic E-state index is 0.195. The fourth-order valence-corrected chi connectivity index (χ4v) is 4.91. The van der Waals surface area contributed by atoms with Gasteiger partial charge >= 0.3 is 0 Å². The van der Waals surface area contributed by atoms with Crippen LogP contribution in [0.25, 0.3) is 10.9 Å². The van der Waals surface area contributed by atoms with Crippen molar-refractivity contribution in [3.05, 3.63) is 58.4 Å². The molecule has 0 bridgehead atoms. The van der Waals surface area contributed by atoms with E-state index < -0.39 is 0 Å². The van der Waals surface area contributed by atoms with Crippen LogP contribution < -0.4 is 4.90 Å². The van der Waals surface area contributed by atoms with Gasteiger partial charge in [0.05, 0.1) is 10.4 Å². The molecule has 4 nitrogen and oxygen atoms in total. The Morgan fingerprint density at radius 3 is 2.75 bits per heavy atom. The molecule has 3 heterocycles. The second-order valence-corrected chi connectivity index (χ2v) is 8.44. The number of aromatic nitrogens is 1. The molecule has 28 heavy (non-hydrogen) atoms. The van der Waals surface area contributed by atoms with Crippen LogP contribution in [0.3, 0.4) is 0 Å². The van der Waals surface area contributed by atoms with Crippen molar-refractivity contribution in [3.63, 3.8) is 0 Å². The third kappa shape index (κ3) is 3.63. The van der Waals surface area contributed by atoms with E-state index in [1.165, 1.54) is 16.6 Å². The molecule has 0 atom stereocenters. The molecule has 1 fully saturated rings. The van der Waals surface area contributed by atoms with E-state index in [0.717, 1.165) is 49.3 Å². The quantitative estimate of drug-likeness (QED) is 0.603. The van der Waals surface area contributed by atoms with Crippen molar-refractivity contribution >= 4 is 33.8 Å². The van der Waals surface area contributed by atoms with Crippen LogP contribution in [-0.4, -0.2) is 41.5 Å². The normalized spacial score (nSPS) is 15.1. The number of anilines is 1. The number of rotatable bonds is 5. The van der Waals surface area contributed by atoms with Crippen molar-refractivity contribution < 1.29 is 4.79 Å². The van der Waals surface area contributed by atoms with Crippen LogP contribution in [0.1, 0.15) is 41.4 Å². The Balaban J connectivity index is 1.51. The van der Waals surface area contributed by atoms with Crippen molar-refractivity contribution in [3.8, 4) is 0 Å². The smallest absolute Gasteiger partial charge is 0.264 e. The predicted octanol–water partition coefficient (Wildman–Crippen LogP) is 5.13. The summed E-state index contributed by atoms with van der Waals surface area (Å²) in [4.78, 5) is 23.0. The number of benzene rings is 1. The summed E-state index contributed by atoms with van der Waals surface area (Å²) in [7, 11) is 0. The highest BCUT2D eigenvalue weighted by Crippen LogP contribution is 2.30. The van der Waals surface area contributed by atoms with Crippen LogP contribution in [0.5, 0.6) is 0 Å². The molecular weight excluding hydrogens is 366 g/mol. The third-order valence-electron chi connectivity index (χ3n) is 5.65. The molecule has 0 spiro atoms. The fraction of sp³-hybridized carbons (Fsp3) is 0.391. The molecule has 5 heteroatoms. The van der Waals surface area contributed by atoms with Crippen LogP contribution >= 0.6 is 11.3 Å². The monoisotopic (exact) mass is 393 g/mol. The maximum absolute atomic E-state index is 13.0. The largest absolute Gasteiger partial charge is 0.371 e. The average molecular weight is 394 g/mol. The number of carbonyl (C=O) groups is 1. The summed E-state index contributed by atoms with van der Waals surface area (Å²) in [5.41, 5.74) is 3.56. The van der Waals surface area contributed by atoms with Crippen molar-refractivity contribution in [1.82, 2.24) is 9.88 Å². The highest BCUT2D eigenvalue weighted by molar-refractivity contribution is 7.12. The summed E-state index contributed by atoms with van der Waals surface area (Å²) in [5, 5.41) is 3.21. The van der Waals surface area contributed by atoms with Gasteiger partial charge in [-0.25, -0.2) is 0 Å².